The molecule has 34 heavy (non-hydrogen) atoms. The van der Waals surface area contributed by atoms with Gasteiger partial charge in [0.1, 0.15) is 11.4 Å². The van der Waals surface area contributed by atoms with E-state index in [-0.39, 0.29) is 10.6 Å². The van der Waals surface area contributed by atoms with Crippen molar-refractivity contribution in [1.82, 2.24) is 0 Å². The lowest BCUT2D eigenvalue weighted by atomic mass is 10.1. The molecule has 4 aromatic rings. The van der Waals surface area contributed by atoms with E-state index >= 15 is 0 Å². The van der Waals surface area contributed by atoms with Gasteiger partial charge in [-0.3, -0.25) is 4.57 Å². The van der Waals surface area contributed by atoms with Gasteiger partial charge < -0.3 is 9.82 Å². The van der Waals surface area contributed by atoms with Gasteiger partial charge in [-0.05, 0) is 41.5 Å². The first-order valence-corrected chi connectivity index (χ1v) is 11.7. The second-order valence-electron chi connectivity index (χ2n) is 7.25. The summed E-state index contributed by atoms with van der Waals surface area (Å²) in [6.45, 7) is 0. The summed E-state index contributed by atoms with van der Waals surface area (Å²) in [4.78, 5) is 0. The summed E-state index contributed by atoms with van der Waals surface area (Å²) in [6, 6.07) is 20.8. The molecule has 0 aliphatic carbocycles. The molecule has 0 radical (unpaired) electrons. The van der Waals surface area contributed by atoms with Crippen molar-refractivity contribution in [2.45, 2.75) is 0 Å². The molecule has 4 aromatic carbocycles. The summed E-state index contributed by atoms with van der Waals surface area (Å²) in [6.07, 6.45) is 0. The molecular weight excluding hydrogens is 472 g/mol. The fourth-order valence-electron chi connectivity index (χ4n) is 3.53. The van der Waals surface area contributed by atoms with Gasteiger partial charge in [-0.15, -0.1) is 0 Å². The van der Waals surface area contributed by atoms with Crippen molar-refractivity contribution in [2.75, 3.05) is 12.2 Å². The minimum absolute atomic E-state index is 0.111. The molecule has 1 N–H and O–H groups in total. The van der Waals surface area contributed by atoms with Gasteiger partial charge in [-0.1, -0.05) is 48.5 Å². The predicted molar refractivity (Wildman–Crippen MR) is 122 cm³/mol. The van der Waals surface area contributed by atoms with E-state index in [1.54, 1.807) is 60.7 Å². The quantitative estimate of drug-likeness (QED) is 0.148. The summed E-state index contributed by atoms with van der Waals surface area (Å²) in [5.74, 6) is -10.2. The second kappa shape index (κ2) is 9.31. The van der Waals surface area contributed by atoms with Crippen LogP contribution in [0.5, 0.6) is 5.75 Å². The fraction of sp³-hybridized carbons (Fsp3) is 0.0400. The minimum atomic E-state index is -4.19. The summed E-state index contributed by atoms with van der Waals surface area (Å²) in [7, 11) is -2.69. The van der Waals surface area contributed by atoms with E-state index < -0.39 is 42.1 Å². The van der Waals surface area contributed by atoms with Gasteiger partial charge >= 0.3 is 0 Å². The van der Waals surface area contributed by atoms with E-state index in [4.69, 9.17) is 4.74 Å². The smallest absolute Gasteiger partial charge is 0.227 e. The number of anilines is 1. The molecule has 0 fully saturated rings. The average molecular weight is 489 g/mol. The van der Waals surface area contributed by atoms with E-state index in [0.29, 0.717) is 16.9 Å². The van der Waals surface area contributed by atoms with Gasteiger partial charge in [-0.25, -0.2) is 22.0 Å². The van der Waals surface area contributed by atoms with Crippen LogP contribution in [0, 0.1) is 29.1 Å². The first-order valence-electron chi connectivity index (χ1n) is 9.97. The average Bonchev–Trinajstić information content (AvgIpc) is 2.89. The third-order valence-electron chi connectivity index (χ3n) is 5.24. The molecule has 0 aliphatic rings. The van der Waals surface area contributed by atoms with Gasteiger partial charge in [-0.2, -0.15) is 0 Å². The van der Waals surface area contributed by atoms with Gasteiger partial charge in [0.15, 0.2) is 23.3 Å². The molecule has 4 rings (SSSR count). The van der Waals surface area contributed by atoms with Crippen LogP contribution >= 0.6 is 7.29 Å². The zero-order chi connectivity index (χ0) is 24.5. The second-order valence-corrected chi connectivity index (χ2v) is 9.69. The molecule has 0 saturated heterocycles. The summed E-state index contributed by atoms with van der Waals surface area (Å²) in [5.41, 5.74) is -0.325. The first-order chi connectivity index (χ1) is 16.3. The van der Waals surface area contributed by atoms with Crippen molar-refractivity contribution >= 4 is 23.6 Å². The SMILES string of the molecule is COc1ccc(-c2ccccc2P(=O)(Nc2c(F)c(F)c(F)c(F)c2F)c2ccccc2)cc1. The number of rotatable bonds is 6. The number of ether oxygens (including phenoxy) is 1. The van der Waals surface area contributed by atoms with Gasteiger partial charge in [0, 0.05) is 10.6 Å². The lowest BCUT2D eigenvalue weighted by molar-refractivity contribution is 0.382. The van der Waals surface area contributed by atoms with Gasteiger partial charge in [0.25, 0.3) is 0 Å². The van der Waals surface area contributed by atoms with Crippen LogP contribution in [0.25, 0.3) is 11.1 Å². The Balaban J connectivity index is 1.96. The number of hydrogen-bond donors (Lipinski definition) is 1. The highest BCUT2D eigenvalue weighted by Crippen LogP contribution is 2.47. The largest absolute Gasteiger partial charge is 0.497 e. The Bertz CT molecular complexity index is 1370. The molecule has 1 unspecified atom stereocenters. The Hall–Kier alpha value is -3.64. The molecular formula is C25H17F5NO2P. The van der Waals surface area contributed by atoms with E-state index in [9.17, 15) is 26.5 Å². The van der Waals surface area contributed by atoms with Crippen molar-refractivity contribution in [3.8, 4) is 16.9 Å². The van der Waals surface area contributed by atoms with Crippen molar-refractivity contribution < 1.29 is 31.3 Å². The standard InChI is InChI=1S/C25H17F5NO2P/c1-33-16-13-11-15(12-14-16)18-9-5-6-10-19(18)34(32,17-7-3-2-4-8-17)31-25-23(29)21(27)20(26)22(28)24(25)30/h2-14H,1H3,(H,31,32). The Labute approximate surface area is 192 Å². The van der Waals surface area contributed by atoms with E-state index in [0.717, 1.165) is 0 Å². The van der Waals surface area contributed by atoms with Crippen molar-refractivity contribution in [2.24, 2.45) is 0 Å². The van der Waals surface area contributed by atoms with Crippen LogP contribution in [0.3, 0.4) is 0 Å². The predicted octanol–water partition coefficient (Wildman–Crippen LogP) is 6.40. The Morgan fingerprint density at radius 3 is 1.79 bits per heavy atom. The van der Waals surface area contributed by atoms with Crippen LogP contribution in [0.1, 0.15) is 0 Å². The van der Waals surface area contributed by atoms with E-state index in [2.05, 4.69) is 5.09 Å². The fourth-order valence-corrected chi connectivity index (χ4v) is 6.00. The lowest BCUT2D eigenvalue weighted by Crippen LogP contribution is -2.24. The molecule has 0 spiro atoms. The highest BCUT2D eigenvalue weighted by molar-refractivity contribution is 7.80. The van der Waals surface area contributed by atoms with Gasteiger partial charge in [0.2, 0.25) is 13.1 Å². The molecule has 0 bridgehead atoms. The van der Waals surface area contributed by atoms with E-state index in [1.807, 2.05) is 0 Å². The number of halogens is 5. The van der Waals surface area contributed by atoms with Crippen molar-refractivity contribution in [1.29, 1.82) is 0 Å². The van der Waals surface area contributed by atoms with Crippen molar-refractivity contribution in [3.63, 3.8) is 0 Å². The molecule has 0 aromatic heterocycles. The molecule has 0 heterocycles. The molecule has 9 heteroatoms. The Morgan fingerprint density at radius 2 is 1.21 bits per heavy atom. The molecule has 0 amide bonds. The van der Waals surface area contributed by atoms with Crippen LogP contribution in [-0.2, 0) is 4.57 Å². The Morgan fingerprint density at radius 1 is 0.676 bits per heavy atom. The maximum atomic E-state index is 14.6. The normalized spacial score (nSPS) is 12.8. The molecule has 3 nitrogen and oxygen atoms in total. The van der Waals surface area contributed by atoms with E-state index in [1.165, 1.54) is 25.3 Å². The number of hydrogen-bond acceptors (Lipinski definition) is 2. The van der Waals surface area contributed by atoms with Crippen LogP contribution in [0.2, 0.25) is 0 Å². The minimum Gasteiger partial charge on any atom is -0.497 e. The zero-order valence-corrected chi connectivity index (χ0v) is 18.6. The third kappa shape index (κ3) is 4.05. The summed E-state index contributed by atoms with van der Waals surface area (Å²) >= 11 is 0. The van der Waals surface area contributed by atoms with Crippen LogP contribution in [-0.4, -0.2) is 7.11 Å². The third-order valence-corrected chi connectivity index (χ3v) is 7.88. The highest BCUT2D eigenvalue weighted by Gasteiger charge is 2.35. The van der Waals surface area contributed by atoms with Crippen molar-refractivity contribution in [3.05, 3.63) is 108 Å². The van der Waals surface area contributed by atoms with Crippen LogP contribution < -0.4 is 20.4 Å². The zero-order valence-electron chi connectivity index (χ0n) is 17.7. The number of methoxy groups -OCH3 is 1. The molecule has 0 aliphatic heterocycles. The summed E-state index contributed by atoms with van der Waals surface area (Å²) in [5, 5.41) is 2.43. The van der Waals surface area contributed by atoms with Crippen LogP contribution in [0.4, 0.5) is 27.6 Å². The highest BCUT2D eigenvalue weighted by atomic mass is 31.2. The maximum Gasteiger partial charge on any atom is 0.227 e. The molecule has 1 atom stereocenters. The Kier molecular flexibility index (Phi) is 6.44. The maximum absolute atomic E-state index is 14.6. The topological polar surface area (TPSA) is 38.3 Å². The lowest BCUT2D eigenvalue weighted by Gasteiger charge is -2.25. The number of benzene rings is 4. The number of nitrogens with one attached hydrogen (secondary N) is 1. The summed E-state index contributed by atoms with van der Waals surface area (Å²) < 4.78 is 90.2. The molecule has 174 valence electrons. The molecule has 0 saturated carbocycles. The van der Waals surface area contributed by atoms with Gasteiger partial charge in [0.05, 0.1) is 7.11 Å². The van der Waals surface area contributed by atoms with Crippen LogP contribution in [0.15, 0.2) is 78.9 Å². The first kappa shape index (κ1) is 23.5. The monoisotopic (exact) mass is 489 g/mol.